The molecule has 24 heavy (non-hydrogen) atoms. The predicted molar refractivity (Wildman–Crippen MR) is 106 cm³/mol. The standard InChI is InChI=1S/C16H29N5O2.HI/c1-16(2,3)13-9-18-14(23-13)10-20-15(17-4)19-8-12-11-21(5)6-7-22-12;/h9,12H,6-8,10-11H2,1-5H3,(H2,17,19,20);1H. The summed E-state index contributed by atoms with van der Waals surface area (Å²) in [6, 6.07) is 0. The van der Waals surface area contributed by atoms with Crippen LogP contribution >= 0.6 is 24.0 Å². The topological polar surface area (TPSA) is 74.9 Å². The number of nitrogens with one attached hydrogen (secondary N) is 2. The maximum atomic E-state index is 5.76. The van der Waals surface area contributed by atoms with Crippen LogP contribution in [0.4, 0.5) is 0 Å². The highest BCUT2D eigenvalue weighted by Gasteiger charge is 2.20. The Morgan fingerprint density at radius 2 is 2.17 bits per heavy atom. The second-order valence-electron chi connectivity index (χ2n) is 6.93. The van der Waals surface area contributed by atoms with Crippen molar-refractivity contribution in [2.24, 2.45) is 4.99 Å². The van der Waals surface area contributed by atoms with E-state index >= 15 is 0 Å². The summed E-state index contributed by atoms with van der Waals surface area (Å²) >= 11 is 0. The number of ether oxygens (including phenoxy) is 1. The van der Waals surface area contributed by atoms with Gasteiger partial charge in [0.1, 0.15) is 5.76 Å². The molecule has 1 unspecified atom stereocenters. The fourth-order valence-corrected chi connectivity index (χ4v) is 2.32. The lowest BCUT2D eigenvalue weighted by Crippen LogP contribution is -2.48. The van der Waals surface area contributed by atoms with Crippen molar-refractivity contribution in [1.29, 1.82) is 0 Å². The first-order valence-corrected chi connectivity index (χ1v) is 8.08. The Bertz CT molecular complexity index is 527. The Morgan fingerprint density at radius 1 is 1.42 bits per heavy atom. The number of aliphatic imine (C=N–C) groups is 1. The molecule has 0 saturated carbocycles. The molecule has 1 aliphatic rings. The molecule has 0 bridgehead atoms. The molecule has 0 aliphatic carbocycles. The van der Waals surface area contributed by atoms with Gasteiger partial charge in [0.05, 0.1) is 25.5 Å². The largest absolute Gasteiger partial charge is 0.443 e. The summed E-state index contributed by atoms with van der Waals surface area (Å²) in [6.07, 6.45) is 1.97. The third-order valence-electron chi connectivity index (χ3n) is 3.76. The molecule has 2 heterocycles. The quantitative estimate of drug-likeness (QED) is 0.412. The van der Waals surface area contributed by atoms with Crippen molar-refractivity contribution in [3.63, 3.8) is 0 Å². The number of oxazole rings is 1. The summed E-state index contributed by atoms with van der Waals surface area (Å²) in [7, 11) is 3.86. The summed E-state index contributed by atoms with van der Waals surface area (Å²) in [4.78, 5) is 10.8. The van der Waals surface area contributed by atoms with Gasteiger partial charge in [0.15, 0.2) is 5.96 Å². The Kier molecular flexibility index (Phi) is 8.44. The van der Waals surface area contributed by atoms with Crippen molar-refractivity contribution in [3.05, 3.63) is 17.8 Å². The number of rotatable bonds is 4. The molecule has 0 spiro atoms. The number of guanidine groups is 1. The third-order valence-corrected chi connectivity index (χ3v) is 3.76. The lowest BCUT2D eigenvalue weighted by molar-refractivity contribution is -0.0161. The zero-order chi connectivity index (χ0) is 16.9. The van der Waals surface area contributed by atoms with E-state index in [1.54, 1.807) is 13.2 Å². The zero-order valence-corrected chi connectivity index (χ0v) is 17.6. The van der Waals surface area contributed by atoms with Gasteiger partial charge in [-0.25, -0.2) is 4.98 Å². The van der Waals surface area contributed by atoms with Crippen LogP contribution in [-0.2, 0) is 16.7 Å². The summed E-state index contributed by atoms with van der Waals surface area (Å²) in [5.41, 5.74) is -0.0322. The van der Waals surface area contributed by atoms with E-state index in [9.17, 15) is 0 Å². The molecule has 0 aromatic carbocycles. The van der Waals surface area contributed by atoms with Crippen LogP contribution < -0.4 is 10.6 Å². The minimum absolute atomic E-state index is 0. The van der Waals surface area contributed by atoms with Crippen molar-refractivity contribution in [3.8, 4) is 0 Å². The average molecular weight is 451 g/mol. The van der Waals surface area contributed by atoms with Gasteiger partial charge in [0.25, 0.3) is 0 Å². The lowest BCUT2D eigenvalue weighted by Gasteiger charge is -2.30. The number of morpholine rings is 1. The Labute approximate surface area is 161 Å². The second kappa shape index (κ2) is 9.57. The maximum Gasteiger partial charge on any atom is 0.213 e. The van der Waals surface area contributed by atoms with E-state index in [-0.39, 0.29) is 35.5 Å². The highest BCUT2D eigenvalue weighted by atomic mass is 127. The molecule has 2 N–H and O–H groups in total. The van der Waals surface area contributed by atoms with Crippen LogP contribution in [0.1, 0.15) is 32.4 Å². The molecular weight excluding hydrogens is 421 g/mol. The first-order chi connectivity index (χ1) is 10.9. The monoisotopic (exact) mass is 451 g/mol. The lowest BCUT2D eigenvalue weighted by atomic mass is 9.94. The van der Waals surface area contributed by atoms with Crippen LogP contribution in [0.2, 0.25) is 0 Å². The normalized spacial score (nSPS) is 19.7. The van der Waals surface area contributed by atoms with Gasteiger partial charge < -0.3 is 24.7 Å². The summed E-state index contributed by atoms with van der Waals surface area (Å²) in [5.74, 6) is 2.26. The van der Waals surface area contributed by atoms with Crippen molar-refractivity contribution < 1.29 is 9.15 Å². The van der Waals surface area contributed by atoms with Gasteiger partial charge in [-0.3, -0.25) is 4.99 Å². The third kappa shape index (κ3) is 6.56. The minimum atomic E-state index is -0.0322. The Morgan fingerprint density at radius 3 is 2.75 bits per heavy atom. The van der Waals surface area contributed by atoms with Gasteiger partial charge in [-0.05, 0) is 7.05 Å². The van der Waals surface area contributed by atoms with Gasteiger partial charge in [0, 0.05) is 32.1 Å². The van der Waals surface area contributed by atoms with Crippen LogP contribution in [0.15, 0.2) is 15.6 Å². The van der Waals surface area contributed by atoms with Crippen LogP contribution in [0.5, 0.6) is 0 Å². The van der Waals surface area contributed by atoms with Crippen molar-refractivity contribution in [2.75, 3.05) is 40.3 Å². The fraction of sp³-hybridized carbons (Fsp3) is 0.750. The molecule has 1 aromatic rings. The second-order valence-corrected chi connectivity index (χ2v) is 6.93. The van der Waals surface area contributed by atoms with Crippen molar-refractivity contribution in [1.82, 2.24) is 20.5 Å². The van der Waals surface area contributed by atoms with Crippen LogP contribution in [0, 0.1) is 0 Å². The van der Waals surface area contributed by atoms with E-state index in [1.807, 2.05) is 0 Å². The summed E-state index contributed by atoms with van der Waals surface area (Å²) in [6.45, 7) is 10.2. The maximum absolute atomic E-state index is 5.76. The van der Waals surface area contributed by atoms with E-state index < -0.39 is 0 Å². The molecule has 1 saturated heterocycles. The average Bonchev–Trinajstić information content (AvgIpc) is 2.96. The number of hydrogen-bond acceptors (Lipinski definition) is 5. The van der Waals surface area contributed by atoms with Gasteiger partial charge in [-0.15, -0.1) is 24.0 Å². The molecule has 8 heteroatoms. The van der Waals surface area contributed by atoms with Crippen molar-refractivity contribution >= 4 is 29.9 Å². The zero-order valence-electron chi connectivity index (χ0n) is 15.3. The van der Waals surface area contributed by atoms with E-state index in [0.29, 0.717) is 12.4 Å². The van der Waals surface area contributed by atoms with Crippen LogP contribution in [-0.4, -0.2) is 62.3 Å². The van der Waals surface area contributed by atoms with Gasteiger partial charge in [-0.2, -0.15) is 0 Å². The van der Waals surface area contributed by atoms with E-state index in [4.69, 9.17) is 9.15 Å². The van der Waals surface area contributed by atoms with Gasteiger partial charge in [0.2, 0.25) is 5.89 Å². The van der Waals surface area contributed by atoms with Crippen LogP contribution in [0.25, 0.3) is 0 Å². The number of aromatic nitrogens is 1. The summed E-state index contributed by atoms with van der Waals surface area (Å²) < 4.78 is 11.5. The Hall–Kier alpha value is -0.870. The molecule has 1 atom stereocenters. The molecule has 2 rings (SSSR count). The Balaban J connectivity index is 0.00000288. The molecule has 1 fully saturated rings. The van der Waals surface area contributed by atoms with Crippen LogP contribution in [0.3, 0.4) is 0 Å². The molecule has 138 valence electrons. The van der Waals surface area contributed by atoms with Crippen molar-refractivity contribution in [2.45, 2.75) is 38.8 Å². The SMILES string of the molecule is CN=C(NCc1ncc(C(C)(C)C)o1)NCC1CN(C)CCO1.I. The smallest absolute Gasteiger partial charge is 0.213 e. The molecule has 0 amide bonds. The predicted octanol–water partition coefficient (Wildman–Crippen LogP) is 1.59. The first-order valence-electron chi connectivity index (χ1n) is 8.08. The number of hydrogen-bond donors (Lipinski definition) is 2. The highest BCUT2D eigenvalue weighted by molar-refractivity contribution is 14.0. The van der Waals surface area contributed by atoms with E-state index in [1.165, 1.54) is 0 Å². The first kappa shape index (κ1) is 21.2. The molecule has 1 aliphatic heterocycles. The highest BCUT2D eigenvalue weighted by Crippen LogP contribution is 2.22. The fourth-order valence-electron chi connectivity index (χ4n) is 2.32. The van der Waals surface area contributed by atoms with Gasteiger partial charge in [-0.1, -0.05) is 20.8 Å². The van der Waals surface area contributed by atoms with E-state index in [2.05, 4.69) is 53.3 Å². The molecule has 1 aromatic heterocycles. The molecule has 7 nitrogen and oxygen atoms in total. The van der Waals surface area contributed by atoms with E-state index in [0.717, 1.165) is 38.0 Å². The number of halogens is 1. The summed E-state index contributed by atoms with van der Waals surface area (Å²) in [5, 5.41) is 6.50. The number of nitrogens with zero attached hydrogens (tertiary/aromatic N) is 3. The minimum Gasteiger partial charge on any atom is -0.443 e. The van der Waals surface area contributed by atoms with Gasteiger partial charge >= 0.3 is 0 Å². The number of likely N-dealkylation sites (N-methyl/N-ethyl adjacent to an activating group) is 1. The molecular formula is C16H30IN5O2. The molecule has 0 radical (unpaired) electrons.